The zero-order valence-electron chi connectivity index (χ0n) is 13.3. The van der Waals surface area contributed by atoms with Crippen LogP contribution in [-0.2, 0) is 6.42 Å². The number of hydrogen-bond acceptors (Lipinski definition) is 4. The van der Waals surface area contributed by atoms with Crippen molar-refractivity contribution in [3.8, 4) is 11.5 Å². The molecule has 0 spiro atoms. The Morgan fingerprint density at radius 2 is 2.12 bits per heavy atom. The van der Waals surface area contributed by atoms with Crippen LogP contribution in [0.2, 0.25) is 0 Å². The van der Waals surface area contributed by atoms with Crippen molar-refractivity contribution in [2.75, 3.05) is 13.7 Å². The monoisotopic (exact) mass is 353 g/mol. The third-order valence-electron chi connectivity index (χ3n) is 4.16. The molecule has 1 amide bonds. The molecule has 1 aliphatic rings. The van der Waals surface area contributed by atoms with E-state index < -0.39 is 6.61 Å². The summed E-state index contributed by atoms with van der Waals surface area (Å²) in [4.78, 5) is 15.9. The fourth-order valence-electron chi connectivity index (χ4n) is 2.95. The van der Waals surface area contributed by atoms with Gasteiger partial charge in [-0.1, -0.05) is 0 Å². The van der Waals surface area contributed by atoms with E-state index in [0.29, 0.717) is 12.1 Å². The van der Waals surface area contributed by atoms with E-state index in [1.54, 1.807) is 16.2 Å². The number of hydrogen-bond donors (Lipinski definition) is 0. The van der Waals surface area contributed by atoms with E-state index in [0.717, 1.165) is 6.42 Å². The number of halogens is 2. The lowest BCUT2D eigenvalue weighted by atomic mass is 10.0. The van der Waals surface area contributed by atoms with Gasteiger partial charge in [-0.3, -0.25) is 4.79 Å². The summed E-state index contributed by atoms with van der Waals surface area (Å²) < 4.78 is 34.3. The van der Waals surface area contributed by atoms with Crippen molar-refractivity contribution in [3.63, 3.8) is 0 Å². The van der Waals surface area contributed by atoms with Crippen molar-refractivity contribution in [1.82, 2.24) is 4.90 Å². The van der Waals surface area contributed by atoms with Crippen molar-refractivity contribution in [2.24, 2.45) is 0 Å². The lowest BCUT2D eigenvalue weighted by Crippen LogP contribution is -2.38. The summed E-state index contributed by atoms with van der Waals surface area (Å²) in [7, 11) is 1.35. The van der Waals surface area contributed by atoms with Crippen LogP contribution in [0.3, 0.4) is 0 Å². The summed E-state index contributed by atoms with van der Waals surface area (Å²) in [6, 6.07) is 6.29. The number of carbonyl (C=O) groups is 1. The molecule has 1 atom stereocenters. The van der Waals surface area contributed by atoms with Gasteiger partial charge in [0, 0.05) is 17.0 Å². The van der Waals surface area contributed by atoms with Crippen LogP contribution in [0.25, 0.3) is 0 Å². The molecule has 7 heteroatoms. The Labute approximate surface area is 142 Å². The number of carbonyl (C=O) groups excluding carboxylic acids is 1. The largest absolute Gasteiger partial charge is 0.493 e. The van der Waals surface area contributed by atoms with Gasteiger partial charge in [-0.05, 0) is 48.6 Å². The highest BCUT2D eigenvalue weighted by atomic mass is 32.1. The number of alkyl halides is 2. The fourth-order valence-corrected chi connectivity index (χ4v) is 3.91. The first-order valence-corrected chi connectivity index (χ1v) is 8.39. The van der Waals surface area contributed by atoms with Crippen molar-refractivity contribution in [3.05, 3.63) is 45.6 Å². The number of rotatable bonds is 4. The molecule has 2 heterocycles. The van der Waals surface area contributed by atoms with E-state index in [1.165, 1.54) is 35.7 Å². The molecule has 0 saturated heterocycles. The van der Waals surface area contributed by atoms with E-state index in [4.69, 9.17) is 4.74 Å². The van der Waals surface area contributed by atoms with Gasteiger partial charge in [-0.15, -0.1) is 11.3 Å². The van der Waals surface area contributed by atoms with Crippen molar-refractivity contribution >= 4 is 17.2 Å². The van der Waals surface area contributed by atoms with Crippen molar-refractivity contribution in [1.29, 1.82) is 0 Å². The van der Waals surface area contributed by atoms with Gasteiger partial charge < -0.3 is 14.4 Å². The lowest BCUT2D eigenvalue weighted by molar-refractivity contribution is -0.0512. The molecule has 0 fully saturated rings. The summed E-state index contributed by atoms with van der Waals surface area (Å²) >= 11 is 1.71. The SMILES string of the molecule is COc1cc(C(=O)N2CCc3sccc3[C@@H]2C)ccc1OC(F)F. The van der Waals surface area contributed by atoms with Gasteiger partial charge in [-0.2, -0.15) is 8.78 Å². The highest BCUT2D eigenvalue weighted by Gasteiger charge is 2.29. The Bertz CT molecular complexity index is 747. The Balaban J connectivity index is 1.85. The predicted octanol–water partition coefficient (Wildman–Crippen LogP) is 4.12. The summed E-state index contributed by atoms with van der Waals surface area (Å²) in [5.41, 5.74) is 1.56. The Kier molecular flexibility index (Phi) is 4.71. The molecule has 0 N–H and O–H groups in total. The van der Waals surface area contributed by atoms with Crippen molar-refractivity contribution < 1.29 is 23.0 Å². The quantitative estimate of drug-likeness (QED) is 0.830. The van der Waals surface area contributed by atoms with Crippen LogP contribution >= 0.6 is 11.3 Å². The number of thiophene rings is 1. The van der Waals surface area contributed by atoms with Crippen LogP contribution in [0.4, 0.5) is 8.78 Å². The second-order valence-corrected chi connectivity index (χ2v) is 6.47. The molecule has 1 aromatic heterocycles. The number of fused-ring (bicyclic) bond motifs is 1. The molecule has 4 nitrogen and oxygen atoms in total. The third kappa shape index (κ3) is 3.08. The van der Waals surface area contributed by atoms with Crippen LogP contribution in [0, 0.1) is 0 Å². The summed E-state index contributed by atoms with van der Waals surface area (Å²) in [6.07, 6.45) is 0.826. The number of ether oxygens (including phenoxy) is 2. The van der Waals surface area contributed by atoms with Gasteiger partial charge in [0.05, 0.1) is 13.2 Å². The average molecular weight is 353 g/mol. The number of benzene rings is 1. The zero-order valence-corrected chi connectivity index (χ0v) is 14.1. The van der Waals surface area contributed by atoms with Gasteiger partial charge in [-0.25, -0.2) is 0 Å². The van der Waals surface area contributed by atoms with Crippen LogP contribution in [0.15, 0.2) is 29.6 Å². The first-order chi connectivity index (χ1) is 11.5. The van der Waals surface area contributed by atoms with Crippen LogP contribution < -0.4 is 9.47 Å². The topological polar surface area (TPSA) is 38.8 Å². The normalized spacial score (nSPS) is 16.9. The van der Waals surface area contributed by atoms with Gasteiger partial charge in [0.25, 0.3) is 5.91 Å². The number of nitrogens with zero attached hydrogens (tertiary/aromatic N) is 1. The second-order valence-electron chi connectivity index (χ2n) is 5.47. The van der Waals surface area contributed by atoms with E-state index in [-0.39, 0.29) is 23.4 Å². The van der Waals surface area contributed by atoms with Crippen LogP contribution in [0.5, 0.6) is 11.5 Å². The fraction of sp³-hybridized carbons (Fsp3) is 0.353. The maximum absolute atomic E-state index is 12.8. The average Bonchev–Trinajstić information content (AvgIpc) is 3.04. The predicted molar refractivity (Wildman–Crippen MR) is 87.1 cm³/mol. The molecule has 1 aromatic carbocycles. The molecule has 0 saturated carbocycles. The maximum atomic E-state index is 12.8. The van der Waals surface area contributed by atoms with Crippen LogP contribution in [0.1, 0.15) is 33.8 Å². The maximum Gasteiger partial charge on any atom is 0.387 e. The third-order valence-corrected chi connectivity index (χ3v) is 5.16. The highest BCUT2D eigenvalue weighted by molar-refractivity contribution is 7.10. The Morgan fingerprint density at radius 1 is 1.33 bits per heavy atom. The molecular weight excluding hydrogens is 336 g/mol. The van der Waals surface area contributed by atoms with E-state index >= 15 is 0 Å². The van der Waals surface area contributed by atoms with Crippen LogP contribution in [-0.4, -0.2) is 31.1 Å². The number of methoxy groups -OCH3 is 1. The molecule has 3 rings (SSSR count). The van der Waals surface area contributed by atoms with Crippen molar-refractivity contribution in [2.45, 2.75) is 26.0 Å². The highest BCUT2D eigenvalue weighted by Crippen LogP contribution is 2.35. The molecular formula is C17H17F2NO3S. The summed E-state index contributed by atoms with van der Waals surface area (Å²) in [5.74, 6) is -0.126. The first-order valence-electron chi connectivity index (χ1n) is 7.51. The summed E-state index contributed by atoms with van der Waals surface area (Å²) in [6.45, 7) is -0.321. The van der Waals surface area contributed by atoms with E-state index in [2.05, 4.69) is 4.74 Å². The van der Waals surface area contributed by atoms with Gasteiger partial charge in [0.1, 0.15) is 0 Å². The van der Waals surface area contributed by atoms with Gasteiger partial charge in [0.15, 0.2) is 11.5 Å². The molecule has 0 bridgehead atoms. The van der Waals surface area contributed by atoms with E-state index in [1.807, 2.05) is 18.4 Å². The lowest BCUT2D eigenvalue weighted by Gasteiger charge is -2.33. The molecule has 2 aromatic rings. The molecule has 0 radical (unpaired) electrons. The smallest absolute Gasteiger partial charge is 0.387 e. The summed E-state index contributed by atoms with van der Waals surface area (Å²) in [5, 5.41) is 2.04. The Morgan fingerprint density at radius 3 is 2.83 bits per heavy atom. The van der Waals surface area contributed by atoms with Gasteiger partial charge in [0.2, 0.25) is 0 Å². The molecule has 1 aliphatic heterocycles. The number of amides is 1. The minimum atomic E-state index is -2.94. The molecule has 0 unspecified atom stereocenters. The Hall–Kier alpha value is -2.15. The minimum Gasteiger partial charge on any atom is -0.493 e. The molecule has 128 valence electrons. The first kappa shape index (κ1) is 16.7. The molecule has 24 heavy (non-hydrogen) atoms. The zero-order chi connectivity index (χ0) is 17.3. The van der Waals surface area contributed by atoms with E-state index in [9.17, 15) is 13.6 Å². The second kappa shape index (κ2) is 6.76. The standard InChI is InChI=1S/C17H17F2NO3S/c1-10-12-6-8-24-15(12)5-7-20(10)16(21)11-3-4-13(23-17(18)19)14(9-11)22-2/h3-4,6,8-10,17H,5,7H2,1-2H3/t10-/m0/s1. The van der Waals surface area contributed by atoms with Gasteiger partial charge >= 0.3 is 6.61 Å². The minimum absolute atomic E-state index is 0.0181. The molecule has 0 aliphatic carbocycles.